The standard InChI is InChI=1S/C21H36N2O3S/c1-8-17(9-2)21(24)22-13-14-23(27(7,25)26)20-18(15(3)4)11-10-12-19(20)16(5)6/h10-12,15-17H,8-9,13-14H2,1-7H3,(H,22,24). The Morgan fingerprint density at radius 1 is 1.04 bits per heavy atom. The molecule has 0 saturated heterocycles. The Morgan fingerprint density at radius 3 is 1.89 bits per heavy atom. The molecule has 1 aromatic rings. The van der Waals surface area contributed by atoms with Gasteiger partial charge in [-0.15, -0.1) is 0 Å². The lowest BCUT2D eigenvalue weighted by Gasteiger charge is -2.30. The van der Waals surface area contributed by atoms with Crippen molar-refractivity contribution in [2.75, 3.05) is 23.7 Å². The maximum Gasteiger partial charge on any atom is 0.232 e. The Labute approximate surface area is 165 Å². The zero-order valence-corrected chi connectivity index (χ0v) is 18.7. The molecule has 0 spiro atoms. The molecule has 5 nitrogen and oxygen atoms in total. The fourth-order valence-corrected chi connectivity index (χ4v) is 4.29. The van der Waals surface area contributed by atoms with Crippen LogP contribution in [0.4, 0.5) is 5.69 Å². The van der Waals surface area contributed by atoms with E-state index in [2.05, 4.69) is 33.0 Å². The SMILES string of the molecule is CCC(CC)C(=O)NCCN(c1c(C(C)C)cccc1C(C)C)S(C)(=O)=O. The summed E-state index contributed by atoms with van der Waals surface area (Å²) in [5.41, 5.74) is 2.79. The van der Waals surface area contributed by atoms with Gasteiger partial charge < -0.3 is 5.32 Å². The second kappa shape index (κ2) is 10.1. The van der Waals surface area contributed by atoms with Crippen molar-refractivity contribution in [1.82, 2.24) is 5.32 Å². The Balaban J connectivity index is 3.21. The highest BCUT2D eigenvalue weighted by Gasteiger charge is 2.25. The van der Waals surface area contributed by atoms with Crippen LogP contribution in [0.25, 0.3) is 0 Å². The van der Waals surface area contributed by atoms with Crippen molar-refractivity contribution >= 4 is 21.6 Å². The summed E-state index contributed by atoms with van der Waals surface area (Å²) < 4.78 is 26.7. The van der Waals surface area contributed by atoms with Crippen LogP contribution in [0, 0.1) is 5.92 Å². The van der Waals surface area contributed by atoms with E-state index in [0.29, 0.717) is 6.54 Å². The molecule has 1 aromatic carbocycles. The molecule has 154 valence electrons. The molecule has 0 saturated carbocycles. The third-order valence-corrected chi connectivity index (χ3v) is 6.13. The van der Waals surface area contributed by atoms with Crippen LogP contribution in [0.3, 0.4) is 0 Å². The van der Waals surface area contributed by atoms with Gasteiger partial charge in [0.25, 0.3) is 0 Å². The molecule has 1 amide bonds. The van der Waals surface area contributed by atoms with Gasteiger partial charge in [-0.25, -0.2) is 8.42 Å². The molecular weight excluding hydrogens is 360 g/mol. The molecule has 0 atom stereocenters. The molecule has 0 unspecified atom stereocenters. The molecule has 0 fully saturated rings. The normalized spacial score (nSPS) is 12.1. The van der Waals surface area contributed by atoms with Crippen molar-refractivity contribution in [1.29, 1.82) is 0 Å². The number of hydrogen-bond donors (Lipinski definition) is 1. The van der Waals surface area contributed by atoms with Crippen LogP contribution in [0.15, 0.2) is 18.2 Å². The van der Waals surface area contributed by atoms with Crippen molar-refractivity contribution in [2.45, 2.75) is 66.2 Å². The van der Waals surface area contributed by atoms with Crippen LogP contribution in [0.1, 0.15) is 77.3 Å². The first-order valence-electron chi connectivity index (χ1n) is 9.92. The number of amides is 1. The number of sulfonamides is 1. The quantitative estimate of drug-likeness (QED) is 0.643. The van der Waals surface area contributed by atoms with E-state index in [1.54, 1.807) is 0 Å². The zero-order chi connectivity index (χ0) is 20.8. The number of benzene rings is 1. The van der Waals surface area contributed by atoms with Crippen molar-refractivity contribution in [3.8, 4) is 0 Å². The van der Waals surface area contributed by atoms with E-state index >= 15 is 0 Å². The van der Waals surface area contributed by atoms with Gasteiger partial charge >= 0.3 is 0 Å². The maximum absolute atomic E-state index is 12.6. The number of nitrogens with zero attached hydrogens (tertiary/aromatic N) is 1. The van der Waals surface area contributed by atoms with E-state index in [9.17, 15) is 13.2 Å². The topological polar surface area (TPSA) is 66.5 Å². The Kier molecular flexibility index (Phi) is 8.79. The lowest BCUT2D eigenvalue weighted by molar-refractivity contribution is -0.125. The lowest BCUT2D eigenvalue weighted by atomic mass is 9.92. The van der Waals surface area contributed by atoms with Gasteiger partial charge in [-0.3, -0.25) is 9.10 Å². The van der Waals surface area contributed by atoms with Gasteiger partial charge in [0.05, 0.1) is 18.5 Å². The van der Waals surface area contributed by atoms with Crippen LogP contribution in [-0.2, 0) is 14.8 Å². The molecule has 0 aliphatic carbocycles. The van der Waals surface area contributed by atoms with E-state index in [4.69, 9.17) is 0 Å². The minimum atomic E-state index is -3.48. The number of anilines is 1. The van der Waals surface area contributed by atoms with Gasteiger partial charge in [0.15, 0.2) is 0 Å². The van der Waals surface area contributed by atoms with E-state index in [-0.39, 0.29) is 30.2 Å². The molecule has 0 aliphatic heterocycles. The monoisotopic (exact) mass is 396 g/mol. The minimum Gasteiger partial charge on any atom is -0.354 e. The van der Waals surface area contributed by atoms with E-state index in [1.165, 1.54) is 10.6 Å². The second-order valence-electron chi connectivity index (χ2n) is 7.73. The highest BCUT2D eigenvalue weighted by atomic mass is 32.2. The summed E-state index contributed by atoms with van der Waals surface area (Å²) in [6.45, 7) is 12.8. The lowest BCUT2D eigenvalue weighted by Crippen LogP contribution is -2.40. The summed E-state index contributed by atoms with van der Waals surface area (Å²) in [7, 11) is -3.48. The van der Waals surface area contributed by atoms with Gasteiger partial charge in [0, 0.05) is 12.5 Å². The molecule has 0 aliphatic rings. The largest absolute Gasteiger partial charge is 0.354 e. The van der Waals surface area contributed by atoms with Gasteiger partial charge in [-0.2, -0.15) is 0 Å². The van der Waals surface area contributed by atoms with Gasteiger partial charge in [0.2, 0.25) is 15.9 Å². The molecule has 6 heteroatoms. The molecule has 0 aromatic heterocycles. The summed E-state index contributed by atoms with van der Waals surface area (Å²) in [4.78, 5) is 12.2. The zero-order valence-electron chi connectivity index (χ0n) is 17.9. The van der Waals surface area contributed by atoms with Crippen molar-refractivity contribution in [2.24, 2.45) is 5.92 Å². The van der Waals surface area contributed by atoms with Gasteiger partial charge in [-0.1, -0.05) is 59.7 Å². The summed E-state index contributed by atoms with van der Waals surface area (Å²) in [6.07, 6.45) is 2.80. The van der Waals surface area contributed by atoms with Crippen LogP contribution in [0.5, 0.6) is 0 Å². The predicted octanol–water partition coefficient (Wildman–Crippen LogP) is 4.25. The molecular formula is C21H36N2O3S. The fraction of sp³-hybridized carbons (Fsp3) is 0.667. The number of carbonyl (C=O) groups is 1. The van der Waals surface area contributed by atoms with E-state index in [0.717, 1.165) is 29.7 Å². The van der Waals surface area contributed by atoms with Crippen LogP contribution in [0.2, 0.25) is 0 Å². The van der Waals surface area contributed by atoms with Crippen LogP contribution >= 0.6 is 0 Å². The fourth-order valence-electron chi connectivity index (χ4n) is 3.33. The highest BCUT2D eigenvalue weighted by Crippen LogP contribution is 2.36. The summed E-state index contributed by atoms with van der Waals surface area (Å²) in [5.74, 6) is 0.366. The number of carbonyl (C=O) groups excluding carboxylic acids is 1. The first-order chi connectivity index (χ1) is 12.5. The first-order valence-corrected chi connectivity index (χ1v) is 11.8. The molecule has 0 heterocycles. The number of rotatable bonds is 10. The van der Waals surface area contributed by atoms with Gasteiger partial charge in [0.1, 0.15) is 0 Å². The highest BCUT2D eigenvalue weighted by molar-refractivity contribution is 7.92. The molecule has 1 rings (SSSR count). The Bertz CT molecular complexity index is 697. The molecule has 0 bridgehead atoms. The Morgan fingerprint density at radius 2 is 1.52 bits per heavy atom. The number of hydrogen-bond acceptors (Lipinski definition) is 3. The van der Waals surface area contributed by atoms with E-state index in [1.807, 2.05) is 32.0 Å². The van der Waals surface area contributed by atoms with E-state index < -0.39 is 10.0 Å². The average Bonchev–Trinajstić information content (AvgIpc) is 2.58. The Hall–Kier alpha value is -1.56. The van der Waals surface area contributed by atoms with Crippen LogP contribution in [-0.4, -0.2) is 33.7 Å². The minimum absolute atomic E-state index is 0.00493. The summed E-state index contributed by atoms with van der Waals surface area (Å²) >= 11 is 0. The third kappa shape index (κ3) is 6.23. The van der Waals surface area contributed by atoms with Crippen molar-refractivity contribution in [3.05, 3.63) is 29.3 Å². The third-order valence-electron chi connectivity index (χ3n) is 4.96. The summed E-state index contributed by atoms with van der Waals surface area (Å²) in [5, 5.41) is 2.91. The van der Waals surface area contributed by atoms with Crippen LogP contribution < -0.4 is 9.62 Å². The number of nitrogens with one attached hydrogen (secondary N) is 1. The molecule has 1 N–H and O–H groups in total. The maximum atomic E-state index is 12.6. The second-order valence-corrected chi connectivity index (χ2v) is 9.64. The number of para-hydroxylation sites is 1. The first kappa shape index (κ1) is 23.5. The van der Waals surface area contributed by atoms with Gasteiger partial charge in [-0.05, 0) is 35.8 Å². The average molecular weight is 397 g/mol. The molecule has 0 radical (unpaired) electrons. The smallest absolute Gasteiger partial charge is 0.232 e. The summed E-state index contributed by atoms with van der Waals surface area (Å²) in [6, 6.07) is 5.98. The van der Waals surface area contributed by atoms with Crippen molar-refractivity contribution < 1.29 is 13.2 Å². The van der Waals surface area contributed by atoms with Crippen molar-refractivity contribution in [3.63, 3.8) is 0 Å². The predicted molar refractivity (Wildman–Crippen MR) is 114 cm³/mol. The molecule has 27 heavy (non-hydrogen) atoms.